The average Bonchev–Trinajstić information content (AvgIpc) is 2.83. The normalized spacial score (nSPS) is 20.6. The molecule has 5 nitrogen and oxygen atoms in total. The Morgan fingerprint density at radius 3 is 2.62 bits per heavy atom. The van der Waals surface area contributed by atoms with Crippen LogP contribution in [0.5, 0.6) is 5.75 Å². The van der Waals surface area contributed by atoms with Crippen molar-refractivity contribution in [3.05, 3.63) is 28.8 Å². The fourth-order valence-corrected chi connectivity index (χ4v) is 3.29. The van der Waals surface area contributed by atoms with Gasteiger partial charge in [-0.05, 0) is 36.5 Å². The average molecular weight is 309 g/mol. The molecule has 2 amide bonds. The van der Waals surface area contributed by atoms with Crippen LogP contribution in [0.15, 0.2) is 18.2 Å². The van der Waals surface area contributed by atoms with Crippen LogP contribution in [0.2, 0.25) is 5.02 Å². The van der Waals surface area contributed by atoms with Crippen LogP contribution in [0, 0.1) is 5.41 Å². The molecule has 2 fully saturated rings. The number of likely N-dealkylation sites (tertiary alicyclic amines) is 1. The molecular formula is C15H17ClN2O3. The minimum Gasteiger partial charge on any atom is -0.506 e. The molecule has 0 bridgehead atoms. The summed E-state index contributed by atoms with van der Waals surface area (Å²) < 4.78 is 0. The van der Waals surface area contributed by atoms with Crippen molar-refractivity contribution in [3.8, 4) is 5.75 Å². The predicted octanol–water partition coefficient (Wildman–Crippen LogP) is 1.79. The van der Waals surface area contributed by atoms with Crippen LogP contribution in [0.1, 0.15) is 29.6 Å². The van der Waals surface area contributed by atoms with Gasteiger partial charge in [0.2, 0.25) is 5.91 Å². The van der Waals surface area contributed by atoms with Crippen LogP contribution >= 0.6 is 11.6 Å². The monoisotopic (exact) mass is 308 g/mol. The van der Waals surface area contributed by atoms with E-state index in [1.165, 1.54) is 12.1 Å². The molecule has 21 heavy (non-hydrogen) atoms. The summed E-state index contributed by atoms with van der Waals surface area (Å²) in [5.41, 5.74) is 0.509. The van der Waals surface area contributed by atoms with Gasteiger partial charge >= 0.3 is 0 Å². The number of carbonyl (C=O) groups excluding carboxylic acids is 2. The number of carbonyl (C=O) groups is 2. The third-order valence-electron chi connectivity index (χ3n) is 4.50. The molecule has 6 heteroatoms. The van der Waals surface area contributed by atoms with E-state index in [4.69, 9.17) is 11.6 Å². The molecule has 2 heterocycles. The largest absolute Gasteiger partial charge is 0.506 e. The molecule has 3 rings (SSSR count). The summed E-state index contributed by atoms with van der Waals surface area (Å²) in [6.07, 6.45) is 2.24. The summed E-state index contributed by atoms with van der Waals surface area (Å²) in [6, 6.07) is 4.50. The van der Waals surface area contributed by atoms with Gasteiger partial charge in [0, 0.05) is 31.6 Å². The lowest BCUT2D eigenvalue weighted by Crippen LogP contribution is -2.44. The van der Waals surface area contributed by atoms with Crippen LogP contribution < -0.4 is 5.32 Å². The fourth-order valence-electron chi connectivity index (χ4n) is 3.11. The number of rotatable bonds is 1. The van der Waals surface area contributed by atoms with Crippen LogP contribution in [-0.2, 0) is 4.79 Å². The molecule has 1 spiro atoms. The Morgan fingerprint density at radius 2 is 2.05 bits per heavy atom. The van der Waals surface area contributed by atoms with Gasteiger partial charge in [-0.1, -0.05) is 11.6 Å². The molecule has 1 aromatic carbocycles. The summed E-state index contributed by atoms with van der Waals surface area (Å²) in [4.78, 5) is 25.6. The molecule has 0 atom stereocenters. The number of amides is 2. The zero-order valence-corrected chi connectivity index (χ0v) is 12.3. The van der Waals surface area contributed by atoms with Crippen molar-refractivity contribution in [1.82, 2.24) is 10.2 Å². The zero-order chi connectivity index (χ0) is 15.0. The highest BCUT2D eigenvalue weighted by molar-refractivity contribution is 6.32. The maximum atomic E-state index is 12.4. The van der Waals surface area contributed by atoms with Gasteiger partial charge in [0.1, 0.15) is 5.75 Å². The summed E-state index contributed by atoms with van der Waals surface area (Å²) >= 11 is 5.84. The first kappa shape index (κ1) is 14.2. The quantitative estimate of drug-likeness (QED) is 0.831. The number of benzene rings is 1. The molecular weight excluding hydrogens is 292 g/mol. The lowest BCUT2D eigenvalue weighted by Gasteiger charge is -2.38. The predicted molar refractivity (Wildman–Crippen MR) is 78.3 cm³/mol. The van der Waals surface area contributed by atoms with Crippen LogP contribution in [0.3, 0.4) is 0 Å². The second-order valence-electron chi connectivity index (χ2n) is 5.91. The standard InChI is InChI=1S/C15H17ClN2O3/c16-11-7-10(1-2-12(11)19)14(21)18-5-3-15(4-6-18)8-13(20)17-9-15/h1-2,7,19H,3-6,8-9H2,(H,17,20). The third kappa shape index (κ3) is 2.70. The topological polar surface area (TPSA) is 69.6 Å². The molecule has 0 aliphatic carbocycles. The molecule has 2 aliphatic rings. The molecule has 0 radical (unpaired) electrons. The Balaban J connectivity index is 1.67. The van der Waals surface area contributed by atoms with E-state index in [2.05, 4.69) is 5.32 Å². The van der Waals surface area contributed by atoms with Crippen molar-refractivity contribution in [1.29, 1.82) is 0 Å². The van der Waals surface area contributed by atoms with E-state index in [9.17, 15) is 14.7 Å². The van der Waals surface area contributed by atoms with Crippen molar-refractivity contribution in [2.75, 3.05) is 19.6 Å². The molecule has 2 N–H and O–H groups in total. The smallest absolute Gasteiger partial charge is 0.253 e. The lowest BCUT2D eigenvalue weighted by molar-refractivity contribution is -0.119. The van der Waals surface area contributed by atoms with E-state index in [1.54, 1.807) is 11.0 Å². The minimum absolute atomic E-state index is 0.0265. The molecule has 0 unspecified atom stereocenters. The van der Waals surface area contributed by atoms with Gasteiger partial charge in [0.25, 0.3) is 5.91 Å². The summed E-state index contributed by atoms with van der Waals surface area (Å²) in [5.74, 6) is 0.00508. The van der Waals surface area contributed by atoms with E-state index in [1.807, 2.05) is 0 Å². The van der Waals surface area contributed by atoms with Crippen molar-refractivity contribution < 1.29 is 14.7 Å². The van der Waals surface area contributed by atoms with Crippen molar-refractivity contribution >= 4 is 23.4 Å². The first-order valence-corrected chi connectivity index (χ1v) is 7.41. The van der Waals surface area contributed by atoms with Crippen molar-refractivity contribution in [2.24, 2.45) is 5.41 Å². The minimum atomic E-state index is -0.0796. The van der Waals surface area contributed by atoms with Gasteiger partial charge in [-0.2, -0.15) is 0 Å². The van der Waals surface area contributed by atoms with Gasteiger partial charge in [-0.3, -0.25) is 9.59 Å². The van der Waals surface area contributed by atoms with E-state index in [0.29, 0.717) is 25.1 Å². The number of piperidine rings is 1. The second kappa shape index (κ2) is 5.22. The van der Waals surface area contributed by atoms with Crippen molar-refractivity contribution in [2.45, 2.75) is 19.3 Å². The number of hydrogen-bond acceptors (Lipinski definition) is 3. The highest BCUT2D eigenvalue weighted by atomic mass is 35.5. The van der Waals surface area contributed by atoms with Gasteiger partial charge in [0.05, 0.1) is 5.02 Å². The fraction of sp³-hybridized carbons (Fsp3) is 0.467. The molecule has 2 saturated heterocycles. The second-order valence-corrected chi connectivity index (χ2v) is 6.32. The van der Waals surface area contributed by atoms with Gasteiger partial charge in [0.15, 0.2) is 0 Å². The summed E-state index contributed by atoms with van der Waals surface area (Å²) in [7, 11) is 0. The number of aromatic hydroxyl groups is 1. The summed E-state index contributed by atoms with van der Waals surface area (Å²) in [5, 5.41) is 12.5. The Labute approximate surface area is 127 Å². The van der Waals surface area contributed by atoms with E-state index < -0.39 is 0 Å². The maximum absolute atomic E-state index is 12.4. The first-order chi connectivity index (χ1) is 9.99. The zero-order valence-electron chi connectivity index (χ0n) is 11.6. The third-order valence-corrected chi connectivity index (χ3v) is 4.80. The van der Waals surface area contributed by atoms with Gasteiger partial charge < -0.3 is 15.3 Å². The van der Waals surface area contributed by atoms with Crippen molar-refractivity contribution in [3.63, 3.8) is 0 Å². The molecule has 0 saturated carbocycles. The molecule has 1 aromatic rings. The number of halogens is 1. The summed E-state index contributed by atoms with van der Waals surface area (Å²) in [6.45, 7) is 2.01. The van der Waals surface area contributed by atoms with Gasteiger partial charge in [-0.15, -0.1) is 0 Å². The van der Waals surface area contributed by atoms with Crippen LogP contribution in [0.4, 0.5) is 0 Å². The molecule has 2 aliphatic heterocycles. The molecule has 0 aromatic heterocycles. The Bertz CT molecular complexity index is 595. The van der Waals surface area contributed by atoms with E-state index in [-0.39, 0.29) is 28.0 Å². The highest BCUT2D eigenvalue weighted by Gasteiger charge is 2.41. The first-order valence-electron chi connectivity index (χ1n) is 7.04. The molecule has 112 valence electrons. The van der Waals surface area contributed by atoms with Crippen LogP contribution in [0.25, 0.3) is 0 Å². The number of hydrogen-bond donors (Lipinski definition) is 2. The van der Waals surface area contributed by atoms with Crippen LogP contribution in [-0.4, -0.2) is 41.5 Å². The lowest BCUT2D eigenvalue weighted by atomic mass is 9.77. The number of nitrogens with zero attached hydrogens (tertiary/aromatic N) is 1. The number of phenols is 1. The number of phenolic OH excluding ortho intramolecular Hbond substituents is 1. The van der Waals surface area contributed by atoms with E-state index >= 15 is 0 Å². The highest BCUT2D eigenvalue weighted by Crippen LogP contribution is 2.37. The SMILES string of the molecule is O=C1CC2(CCN(C(=O)c3ccc(O)c(Cl)c3)CC2)CN1. The van der Waals surface area contributed by atoms with E-state index in [0.717, 1.165) is 19.4 Å². The Kier molecular flexibility index (Phi) is 3.53. The van der Waals surface area contributed by atoms with Gasteiger partial charge in [-0.25, -0.2) is 0 Å². The number of nitrogens with one attached hydrogen (secondary N) is 1. The maximum Gasteiger partial charge on any atom is 0.253 e. The Morgan fingerprint density at radius 1 is 1.33 bits per heavy atom. The Hall–Kier alpha value is -1.75.